The summed E-state index contributed by atoms with van der Waals surface area (Å²) in [4.78, 5) is 14.4. The van der Waals surface area contributed by atoms with Gasteiger partial charge in [0.15, 0.2) is 0 Å². The molecular weight excluding hydrogens is 315 g/mol. The summed E-state index contributed by atoms with van der Waals surface area (Å²) in [6.45, 7) is 1.80. The van der Waals surface area contributed by atoms with E-state index in [4.69, 9.17) is 0 Å². The number of ether oxygens (including phenoxy) is 1. The number of halogens is 4. The molecule has 0 aliphatic carbocycles. The van der Waals surface area contributed by atoms with Crippen LogP contribution in [0.4, 0.5) is 13.2 Å². The van der Waals surface area contributed by atoms with Gasteiger partial charge in [0.25, 0.3) is 6.43 Å². The second kappa shape index (κ2) is 6.72. The van der Waals surface area contributed by atoms with Crippen LogP contribution in [0.15, 0.2) is 6.07 Å². The summed E-state index contributed by atoms with van der Waals surface area (Å²) >= 11 is 3.02. The van der Waals surface area contributed by atoms with E-state index in [1.807, 2.05) is 0 Å². The molecule has 3 nitrogen and oxygen atoms in total. The molecule has 7 heteroatoms. The lowest BCUT2D eigenvalue weighted by molar-refractivity contribution is -0.142. The van der Waals surface area contributed by atoms with Crippen LogP contribution < -0.4 is 0 Å². The number of hydrogen-bond acceptors (Lipinski definition) is 3. The molecule has 1 heterocycles. The normalized spacial score (nSPS) is 10.8. The van der Waals surface area contributed by atoms with Crippen molar-refractivity contribution >= 4 is 21.9 Å². The Morgan fingerprint density at radius 3 is 2.67 bits per heavy atom. The molecule has 0 bridgehead atoms. The highest BCUT2D eigenvalue weighted by molar-refractivity contribution is 9.08. The minimum absolute atomic E-state index is 0.0488. The molecule has 100 valence electrons. The third kappa shape index (κ3) is 3.69. The van der Waals surface area contributed by atoms with Gasteiger partial charge in [-0.25, -0.2) is 13.8 Å². The van der Waals surface area contributed by atoms with E-state index < -0.39 is 24.0 Å². The van der Waals surface area contributed by atoms with Crippen LogP contribution in [0.1, 0.15) is 30.2 Å². The van der Waals surface area contributed by atoms with Gasteiger partial charge in [-0.05, 0) is 18.6 Å². The predicted octanol–water partition coefficient (Wildman–Crippen LogP) is 3.16. The van der Waals surface area contributed by atoms with Gasteiger partial charge in [0, 0.05) is 10.9 Å². The third-order valence-corrected chi connectivity index (χ3v) is 2.76. The van der Waals surface area contributed by atoms with E-state index in [2.05, 4.69) is 25.7 Å². The van der Waals surface area contributed by atoms with Gasteiger partial charge in [0.1, 0.15) is 5.69 Å². The largest absolute Gasteiger partial charge is 0.466 e. The average molecular weight is 326 g/mol. The van der Waals surface area contributed by atoms with Crippen LogP contribution in [-0.4, -0.2) is 17.6 Å². The summed E-state index contributed by atoms with van der Waals surface area (Å²) in [7, 11) is 0. The first-order valence-corrected chi connectivity index (χ1v) is 6.29. The minimum atomic E-state index is -2.86. The summed E-state index contributed by atoms with van der Waals surface area (Å²) in [6, 6.07) is 1.20. The van der Waals surface area contributed by atoms with E-state index in [1.54, 1.807) is 6.92 Å². The van der Waals surface area contributed by atoms with Crippen LogP contribution in [0.2, 0.25) is 0 Å². The summed E-state index contributed by atoms with van der Waals surface area (Å²) < 4.78 is 43.3. The molecule has 0 atom stereocenters. The molecule has 0 fully saturated rings. The zero-order valence-corrected chi connectivity index (χ0v) is 11.1. The standard InChI is InChI=1S/C11H11BrF3NO2/c1-2-18-8(17)4-6-3-7(5-12)9(10(13)14)16-11(6)15/h3,10H,2,4-5H2,1H3. The van der Waals surface area contributed by atoms with Crippen LogP contribution in [0.5, 0.6) is 0 Å². The maximum absolute atomic E-state index is 13.5. The number of hydrogen-bond donors (Lipinski definition) is 0. The van der Waals surface area contributed by atoms with Crippen molar-refractivity contribution < 1.29 is 22.7 Å². The number of esters is 1. The van der Waals surface area contributed by atoms with Crippen LogP contribution in [-0.2, 0) is 21.3 Å². The predicted molar refractivity (Wildman–Crippen MR) is 62.1 cm³/mol. The second-order valence-electron chi connectivity index (χ2n) is 3.40. The molecule has 0 aliphatic rings. The van der Waals surface area contributed by atoms with Gasteiger partial charge < -0.3 is 4.74 Å². The number of aromatic nitrogens is 1. The van der Waals surface area contributed by atoms with Gasteiger partial charge in [0.05, 0.1) is 13.0 Å². The Labute approximate surface area is 110 Å². The molecular formula is C11H11BrF3NO2. The fourth-order valence-electron chi connectivity index (χ4n) is 1.38. The summed E-state index contributed by atoms with van der Waals surface area (Å²) in [5.41, 5.74) is -0.505. The Bertz CT molecular complexity index is 441. The van der Waals surface area contributed by atoms with Crippen molar-refractivity contribution in [1.82, 2.24) is 4.98 Å². The zero-order chi connectivity index (χ0) is 13.7. The molecule has 0 saturated carbocycles. The maximum Gasteiger partial charge on any atom is 0.310 e. The average Bonchev–Trinajstić information content (AvgIpc) is 2.31. The molecule has 0 N–H and O–H groups in total. The molecule has 0 aliphatic heterocycles. The SMILES string of the molecule is CCOC(=O)Cc1cc(CBr)c(C(F)F)nc1F. The summed E-state index contributed by atoms with van der Waals surface area (Å²) in [6.07, 6.45) is -3.18. The monoisotopic (exact) mass is 325 g/mol. The molecule has 18 heavy (non-hydrogen) atoms. The van der Waals surface area contributed by atoms with Crippen molar-refractivity contribution in [3.8, 4) is 0 Å². The number of rotatable bonds is 5. The molecule has 1 aromatic rings. The van der Waals surface area contributed by atoms with Crippen molar-refractivity contribution in [3.05, 3.63) is 28.8 Å². The van der Waals surface area contributed by atoms with Crippen molar-refractivity contribution in [2.45, 2.75) is 25.1 Å². The molecule has 0 spiro atoms. The van der Waals surface area contributed by atoms with Gasteiger partial charge in [-0.2, -0.15) is 4.39 Å². The second-order valence-corrected chi connectivity index (χ2v) is 3.96. The van der Waals surface area contributed by atoms with E-state index >= 15 is 0 Å². The lowest BCUT2D eigenvalue weighted by Gasteiger charge is -2.09. The highest BCUT2D eigenvalue weighted by atomic mass is 79.9. The fourth-order valence-corrected chi connectivity index (χ4v) is 1.83. The Morgan fingerprint density at radius 2 is 2.17 bits per heavy atom. The van der Waals surface area contributed by atoms with E-state index in [-0.39, 0.29) is 29.5 Å². The molecule has 1 rings (SSSR count). The van der Waals surface area contributed by atoms with Crippen molar-refractivity contribution in [3.63, 3.8) is 0 Å². The van der Waals surface area contributed by atoms with E-state index in [0.29, 0.717) is 0 Å². The maximum atomic E-state index is 13.5. The van der Waals surface area contributed by atoms with E-state index in [1.165, 1.54) is 6.07 Å². The minimum Gasteiger partial charge on any atom is -0.466 e. The van der Waals surface area contributed by atoms with Crippen molar-refractivity contribution in [1.29, 1.82) is 0 Å². The van der Waals surface area contributed by atoms with Crippen molar-refractivity contribution in [2.24, 2.45) is 0 Å². The molecule has 0 aromatic carbocycles. The summed E-state index contributed by atoms with van der Waals surface area (Å²) in [5, 5.41) is 0.107. The van der Waals surface area contributed by atoms with Gasteiger partial charge in [-0.15, -0.1) is 0 Å². The van der Waals surface area contributed by atoms with Gasteiger partial charge in [-0.3, -0.25) is 4.79 Å². The Kier molecular flexibility index (Phi) is 5.58. The van der Waals surface area contributed by atoms with Crippen LogP contribution in [0.3, 0.4) is 0 Å². The molecule has 0 amide bonds. The van der Waals surface area contributed by atoms with Gasteiger partial charge >= 0.3 is 5.97 Å². The summed E-state index contributed by atoms with van der Waals surface area (Å²) in [5.74, 6) is -1.69. The number of carbonyl (C=O) groups is 1. The molecule has 0 unspecified atom stereocenters. The zero-order valence-electron chi connectivity index (χ0n) is 9.55. The van der Waals surface area contributed by atoms with Crippen LogP contribution in [0, 0.1) is 5.95 Å². The Hall–Kier alpha value is -1.11. The quantitative estimate of drug-likeness (QED) is 0.474. The van der Waals surface area contributed by atoms with Gasteiger partial charge in [-0.1, -0.05) is 15.9 Å². The highest BCUT2D eigenvalue weighted by Gasteiger charge is 2.19. The lowest BCUT2D eigenvalue weighted by atomic mass is 10.1. The number of carbonyl (C=O) groups excluding carboxylic acids is 1. The third-order valence-electron chi connectivity index (χ3n) is 2.15. The molecule has 1 aromatic heterocycles. The van der Waals surface area contributed by atoms with Crippen molar-refractivity contribution in [2.75, 3.05) is 6.61 Å². The smallest absolute Gasteiger partial charge is 0.310 e. The first-order chi connectivity index (χ1) is 8.49. The van der Waals surface area contributed by atoms with Gasteiger partial charge in [0.2, 0.25) is 5.95 Å². The molecule has 0 radical (unpaired) electrons. The van der Waals surface area contributed by atoms with E-state index in [9.17, 15) is 18.0 Å². The Balaban J connectivity index is 3.04. The number of nitrogens with zero attached hydrogens (tertiary/aromatic N) is 1. The van der Waals surface area contributed by atoms with Crippen LogP contribution >= 0.6 is 15.9 Å². The lowest BCUT2D eigenvalue weighted by Crippen LogP contribution is -2.11. The van der Waals surface area contributed by atoms with Crippen LogP contribution in [0.25, 0.3) is 0 Å². The first-order valence-electron chi connectivity index (χ1n) is 5.17. The molecule has 0 saturated heterocycles. The highest BCUT2D eigenvalue weighted by Crippen LogP contribution is 2.25. The number of alkyl halides is 3. The number of pyridine rings is 1. The first kappa shape index (κ1) is 14.9. The fraction of sp³-hybridized carbons (Fsp3) is 0.455. The Morgan fingerprint density at radius 1 is 1.50 bits per heavy atom. The topological polar surface area (TPSA) is 39.2 Å². The van der Waals surface area contributed by atoms with E-state index in [0.717, 1.165) is 0 Å².